The van der Waals surface area contributed by atoms with Crippen molar-refractivity contribution in [2.24, 2.45) is 11.7 Å². The van der Waals surface area contributed by atoms with E-state index < -0.39 is 267 Å². The fraction of sp³-hybridized carbons (Fsp3) is 0.426. The number of phenolic OH excluding ortho intramolecular Hbond substituents is 3. The summed E-state index contributed by atoms with van der Waals surface area (Å²) in [4.78, 5) is 135. The van der Waals surface area contributed by atoms with Gasteiger partial charge in [0.05, 0.1) is 48.8 Å². The number of nitrogens with two attached hydrogens (primary N) is 1. The monoisotopic (exact) mass is 1540 g/mol. The zero-order chi connectivity index (χ0) is 78.1. The summed E-state index contributed by atoms with van der Waals surface area (Å²) in [5.41, 5.74) is 2.65. The summed E-state index contributed by atoms with van der Waals surface area (Å²) in [7, 11) is 2.53. The number of carboxylic acid groups (broad SMARTS) is 1. The number of rotatable bonds is 16. The Hall–Kier alpha value is -9.81. The Morgan fingerprint density at radius 2 is 1.24 bits per heavy atom. The molecule has 8 amide bonds. The van der Waals surface area contributed by atoms with Crippen LogP contribution in [-0.2, 0) is 57.5 Å². The van der Waals surface area contributed by atoms with Gasteiger partial charge < -0.3 is 133 Å². The molecule has 0 aliphatic carbocycles. The lowest BCUT2D eigenvalue weighted by molar-refractivity contribution is -0.329. The molecule has 22 N–H and O–H groups in total. The molecule has 37 nitrogen and oxygen atoms in total. The van der Waals surface area contributed by atoms with Gasteiger partial charge in [0.15, 0.2) is 23.8 Å². The molecule has 7 aliphatic rings. The van der Waals surface area contributed by atoms with E-state index in [1.54, 1.807) is 13.8 Å². The van der Waals surface area contributed by atoms with E-state index in [-0.39, 0.29) is 29.0 Å². The molecule has 2 saturated heterocycles. The van der Waals surface area contributed by atoms with Crippen LogP contribution in [0.2, 0.25) is 10.0 Å². The molecule has 0 radical (unpaired) electrons. The van der Waals surface area contributed by atoms with E-state index in [0.29, 0.717) is 0 Å². The van der Waals surface area contributed by atoms with E-state index >= 15 is 14.4 Å². The molecule has 0 spiro atoms. The zero-order valence-electron chi connectivity index (χ0n) is 57.2. The van der Waals surface area contributed by atoms with Crippen LogP contribution in [0.5, 0.6) is 46.0 Å². The third-order valence-electron chi connectivity index (χ3n) is 18.4. The van der Waals surface area contributed by atoms with Gasteiger partial charge in [-0.15, -0.1) is 0 Å². The van der Waals surface area contributed by atoms with Gasteiger partial charge >= 0.3 is 5.97 Å². The van der Waals surface area contributed by atoms with Crippen molar-refractivity contribution in [1.29, 1.82) is 0 Å². The minimum absolute atomic E-state index is 0.120. The van der Waals surface area contributed by atoms with Crippen LogP contribution in [0.3, 0.4) is 0 Å². The number of nitrogens with one attached hydrogen (secondary N) is 8. The van der Waals surface area contributed by atoms with Gasteiger partial charge in [0.2, 0.25) is 59.3 Å². The van der Waals surface area contributed by atoms with Gasteiger partial charge in [0, 0.05) is 29.7 Å². The van der Waals surface area contributed by atoms with Crippen LogP contribution in [0.25, 0.3) is 11.1 Å². The minimum atomic E-state index is -2.40. The van der Waals surface area contributed by atoms with Crippen molar-refractivity contribution in [2.45, 2.75) is 149 Å². The van der Waals surface area contributed by atoms with Gasteiger partial charge in [-0.3, -0.25) is 43.2 Å². The maximum Gasteiger partial charge on any atom is 0.330 e. The fourth-order valence-electron chi connectivity index (χ4n) is 12.9. The summed E-state index contributed by atoms with van der Waals surface area (Å²) in [6, 6.07) is -2.95. The normalized spacial score (nSPS) is 28.4. The molecule has 5 aromatic carbocycles. The van der Waals surface area contributed by atoms with Gasteiger partial charge in [-0.05, 0) is 96.2 Å². The molecular formula is C68H78Cl2N10O27. The summed E-state index contributed by atoms with van der Waals surface area (Å²) >= 11 is 14.1. The first kappa shape index (κ1) is 79.7. The molecule has 5 aromatic rings. The number of aromatic hydroxyl groups is 3. The number of aliphatic carboxylic acids is 1. The summed E-state index contributed by atoms with van der Waals surface area (Å²) in [6.45, 7) is 3.05. The Balaban J connectivity index is 1.21. The average Bonchev–Trinajstić information content (AvgIpc) is 0.797. The number of primary amides is 1. The van der Waals surface area contributed by atoms with Crippen molar-refractivity contribution >= 4 is 76.4 Å². The second-order valence-corrected chi connectivity index (χ2v) is 27.0. The quantitative estimate of drug-likeness (QED) is 0.0461. The lowest BCUT2D eigenvalue weighted by Gasteiger charge is -2.47. The van der Waals surface area contributed by atoms with Crippen molar-refractivity contribution in [3.63, 3.8) is 0 Å². The number of carboxylic acids is 1. The highest BCUT2D eigenvalue weighted by Gasteiger charge is 2.52. The summed E-state index contributed by atoms with van der Waals surface area (Å²) in [5, 5.41) is 156. The Morgan fingerprint density at radius 1 is 0.645 bits per heavy atom. The molecule has 39 heteroatoms. The summed E-state index contributed by atoms with van der Waals surface area (Å²) < 4.78 is 31.7. The van der Waals surface area contributed by atoms with Crippen molar-refractivity contribution in [3.8, 4) is 57.1 Å². The molecular weight excluding hydrogens is 1460 g/mol. The Morgan fingerprint density at radius 3 is 1.82 bits per heavy atom. The third-order valence-corrected chi connectivity index (χ3v) is 19.0. The van der Waals surface area contributed by atoms with Crippen LogP contribution >= 0.6 is 23.2 Å². The number of hydrogen-bond donors (Lipinski definition) is 21. The van der Waals surface area contributed by atoms with Gasteiger partial charge in [0.25, 0.3) is 0 Å². The number of aliphatic hydroxyl groups excluding tert-OH is 8. The fourth-order valence-corrected chi connectivity index (χ4v) is 13.4. The first-order valence-electron chi connectivity index (χ1n) is 33.1. The van der Waals surface area contributed by atoms with Crippen molar-refractivity contribution < 1.29 is 133 Å². The maximum atomic E-state index is 16.0. The summed E-state index contributed by atoms with van der Waals surface area (Å²) in [6.07, 6.45) is -22.8. The third kappa shape index (κ3) is 17.1. The second kappa shape index (κ2) is 33.1. The molecule has 19 atom stereocenters. The SMILES string of the molecule is CN[C@H](CC(C)C)C(=O)N[C@H]1C(=O)N[C@@H](CC(N)=O)C(=O)N[C@H]2C(=O)N[C@H]3C(=O)N[C@H](C(=O)N[C@H](C(=O)O)c4cc(O)cc(O)c4-c4cc3ccc4O)[C@H](O)c3ccc(c(Cl)c3)Oc3cc2cc(c3O[C@@H]2O[C@H](CN(OC)[C@@H]3O[C@H](CO)[C@@H](O)[C@H](O)[C@H]3NC(C)=O)[C@@H](O)[C@H](O)[C@H]2O)Oc2ccc(cc2Cl)[C@H]1O. The number of aliphatic hydroxyl groups is 8. The van der Waals surface area contributed by atoms with Gasteiger partial charge in [0.1, 0.15) is 114 Å². The highest BCUT2D eigenvalue weighted by molar-refractivity contribution is 6.32. The van der Waals surface area contributed by atoms with Gasteiger partial charge in [-0.2, -0.15) is 5.06 Å². The number of hydroxylamine groups is 2. The van der Waals surface area contributed by atoms with E-state index in [1.807, 2.05) is 0 Å². The number of hydrogen-bond acceptors (Lipinski definition) is 28. The molecule has 7 aliphatic heterocycles. The number of phenols is 3. The predicted molar refractivity (Wildman–Crippen MR) is 365 cm³/mol. The number of nitrogens with zero attached hydrogens (tertiary/aromatic N) is 1. The lowest BCUT2D eigenvalue weighted by Crippen LogP contribution is -2.69. The van der Waals surface area contributed by atoms with E-state index in [9.17, 15) is 90.0 Å². The van der Waals surface area contributed by atoms with Crippen molar-refractivity contribution in [3.05, 3.63) is 117 Å². The lowest BCUT2D eigenvalue weighted by atomic mass is 9.89. The predicted octanol–water partition coefficient (Wildman–Crippen LogP) is -2.32. The molecule has 0 aromatic heterocycles. The summed E-state index contributed by atoms with van der Waals surface area (Å²) in [5.74, 6) is -17.4. The number of amides is 8. The number of benzene rings is 5. The van der Waals surface area contributed by atoms with E-state index in [0.717, 1.165) is 91.9 Å². The van der Waals surface area contributed by atoms with Crippen molar-refractivity contribution in [2.75, 3.05) is 27.3 Å². The second-order valence-electron chi connectivity index (χ2n) is 26.2. The Kier molecular flexibility index (Phi) is 24.7. The molecule has 2 fully saturated rings. The maximum absolute atomic E-state index is 16.0. The van der Waals surface area contributed by atoms with E-state index in [2.05, 4.69) is 42.5 Å². The minimum Gasteiger partial charge on any atom is -0.508 e. The molecule has 7 heterocycles. The molecule has 11 bridgehead atoms. The van der Waals surface area contributed by atoms with Gasteiger partial charge in [-0.1, -0.05) is 55.2 Å². The first-order valence-corrected chi connectivity index (χ1v) is 33.8. The number of carbonyl (C=O) groups excluding carboxylic acids is 8. The molecule has 12 rings (SSSR count). The van der Waals surface area contributed by atoms with Crippen LogP contribution in [0, 0.1) is 5.92 Å². The Labute approximate surface area is 616 Å². The number of halogens is 2. The van der Waals surface area contributed by atoms with Crippen LogP contribution in [0.4, 0.5) is 0 Å². The number of carbonyl (C=O) groups is 9. The van der Waals surface area contributed by atoms with E-state index in [1.165, 1.54) is 13.1 Å². The molecule has 0 unspecified atom stereocenters. The highest BCUT2D eigenvalue weighted by atomic mass is 35.5. The zero-order valence-corrected chi connectivity index (χ0v) is 58.7. The Bertz CT molecular complexity index is 4270. The highest BCUT2D eigenvalue weighted by Crippen LogP contribution is 2.50. The van der Waals surface area contributed by atoms with Gasteiger partial charge in [-0.25, -0.2) is 4.79 Å². The largest absolute Gasteiger partial charge is 0.508 e. The van der Waals surface area contributed by atoms with Crippen LogP contribution in [0.1, 0.15) is 91.8 Å². The molecule has 0 saturated carbocycles. The van der Waals surface area contributed by atoms with Crippen molar-refractivity contribution in [1.82, 2.24) is 47.6 Å². The number of ether oxygens (including phenoxy) is 5. The average molecular weight is 1540 g/mol. The molecule has 107 heavy (non-hydrogen) atoms. The van der Waals surface area contributed by atoms with E-state index in [4.69, 9.17) is 57.5 Å². The van der Waals surface area contributed by atoms with Crippen LogP contribution in [-0.4, -0.2) is 232 Å². The van der Waals surface area contributed by atoms with Crippen LogP contribution < -0.4 is 62.5 Å². The number of fused-ring (bicyclic) bond motifs is 15. The number of likely N-dealkylation sites (N-methyl/N-ethyl adjacent to an activating group) is 1. The first-order chi connectivity index (χ1) is 50.6. The van der Waals surface area contributed by atoms with Crippen LogP contribution in [0.15, 0.2) is 78.9 Å². The smallest absolute Gasteiger partial charge is 0.330 e. The standard InChI is InChI=1S/C68H78Cl2N10O27/c1-23(2)12-34(72-4)60(94)78-49-52(87)26-7-10-38(32(69)14-26)103-40-16-28-17-41(59(40)107-68-58(93)57(92)54(89)42(106-68)21-80(102-5)66-51(73-24(3)82)56(91)55(90)43(22-81)105-66)104-39-11-8-27(15-33(39)70)53(88)50-65(99)77-48(67(100)101)31-18-29(83)19-37(85)45(31)30-13-25(6-9-36(30)84)46(62(96)79-50)76-63(97)47(28)75-61(95)35(20-44(71)86)74-64(49)98/h6-11,13-19,23,34-35,42-43,46-58,66,68,72,81,83-85,87-93H,12,20-22H2,1-5H3,(H2,71,86)(H,73,82)(H,74,98)(H,75,95)(H,76,97)(H,77,99)(H,78,94)(H,79,96)(H,100,101)/t34-,35+,42-,43-,46-,47-,48+,49-,50+,51-,52-,53-,54-,55-,56-,57+,58-,66-,68+/m1/s1. The molecule has 576 valence electrons. The topological polar surface area (TPSA) is 577 Å².